The van der Waals surface area contributed by atoms with E-state index < -0.39 is 6.04 Å². The molecule has 0 aromatic heterocycles. The lowest BCUT2D eigenvalue weighted by molar-refractivity contribution is -0.151. The molecule has 1 N–H and O–H groups in total. The topological polar surface area (TPSA) is 71.1 Å². The third-order valence-corrected chi connectivity index (χ3v) is 8.61. The summed E-state index contributed by atoms with van der Waals surface area (Å²) in [5, 5.41) is 3.22. The van der Waals surface area contributed by atoms with E-state index in [1.54, 1.807) is 0 Å². The molecule has 1 saturated carbocycles. The summed E-state index contributed by atoms with van der Waals surface area (Å²) in [5.74, 6) is 0.651. The molecule has 1 heterocycles. The highest BCUT2D eigenvalue weighted by Gasteiger charge is 2.33. The maximum absolute atomic E-state index is 13.7. The zero-order valence-electron chi connectivity index (χ0n) is 26.1. The van der Waals surface area contributed by atoms with Gasteiger partial charge in [-0.05, 0) is 95.0 Å². The first-order valence-electron chi connectivity index (χ1n) is 16.1. The molecule has 230 valence electrons. The molecule has 7 heteroatoms. The Balaban J connectivity index is 1.41. The number of fused-ring (bicyclic) bond motifs is 1. The summed E-state index contributed by atoms with van der Waals surface area (Å²) in [4.78, 5) is 31.0. The van der Waals surface area contributed by atoms with E-state index in [1.165, 1.54) is 6.42 Å². The SMILES string of the molecule is CC(C)N(CCCNC(=O)C1c2ccc(OCc3ccccc3)cc2CCN1CCC(=O)OC1CCCCC1)C(C)C. The number of carbonyl (C=O) groups is 2. The highest BCUT2D eigenvalue weighted by atomic mass is 16.5. The first-order chi connectivity index (χ1) is 20.3. The van der Waals surface area contributed by atoms with Gasteiger partial charge in [0, 0.05) is 38.3 Å². The standard InChI is InChI=1S/C35H51N3O4/c1-26(2)38(27(3)4)21-11-20-36-35(40)34-32-17-16-31(41-25-28-12-7-5-8-13-28)24-29(32)18-22-37(34)23-19-33(39)42-30-14-9-6-10-15-30/h5,7-8,12-13,16-17,24,26-27,30,34H,6,9-11,14-15,18-23,25H2,1-4H3,(H,36,40). The van der Waals surface area contributed by atoms with E-state index in [0.717, 1.165) is 67.5 Å². The number of benzene rings is 2. The maximum Gasteiger partial charge on any atom is 0.307 e. The minimum absolute atomic E-state index is 0.00445. The number of esters is 1. The summed E-state index contributed by atoms with van der Waals surface area (Å²) in [7, 11) is 0. The van der Waals surface area contributed by atoms with E-state index in [0.29, 0.717) is 44.7 Å². The van der Waals surface area contributed by atoms with Crippen LogP contribution in [-0.4, -0.2) is 66.0 Å². The van der Waals surface area contributed by atoms with E-state index in [1.807, 2.05) is 30.3 Å². The number of ether oxygens (including phenoxy) is 2. The Morgan fingerprint density at radius 3 is 2.45 bits per heavy atom. The molecule has 1 unspecified atom stereocenters. The zero-order chi connectivity index (χ0) is 29.9. The van der Waals surface area contributed by atoms with E-state index in [2.05, 4.69) is 61.0 Å². The van der Waals surface area contributed by atoms with Gasteiger partial charge in [-0.15, -0.1) is 0 Å². The summed E-state index contributed by atoms with van der Waals surface area (Å²) in [6.07, 6.45) is 7.46. The lowest BCUT2D eigenvalue weighted by Crippen LogP contribution is -2.46. The molecule has 1 atom stereocenters. The van der Waals surface area contributed by atoms with Crippen LogP contribution in [0.3, 0.4) is 0 Å². The van der Waals surface area contributed by atoms with E-state index in [4.69, 9.17) is 9.47 Å². The highest BCUT2D eigenvalue weighted by Crippen LogP contribution is 2.33. The molecule has 42 heavy (non-hydrogen) atoms. The molecule has 1 fully saturated rings. The van der Waals surface area contributed by atoms with Crippen LogP contribution in [0.5, 0.6) is 5.75 Å². The van der Waals surface area contributed by atoms with Crippen molar-refractivity contribution in [3.63, 3.8) is 0 Å². The molecule has 2 aromatic carbocycles. The average Bonchev–Trinajstić information content (AvgIpc) is 2.99. The quantitative estimate of drug-likeness (QED) is 0.218. The Morgan fingerprint density at radius 2 is 1.74 bits per heavy atom. The minimum atomic E-state index is -0.439. The number of amides is 1. The van der Waals surface area contributed by atoms with Crippen molar-refractivity contribution in [3.05, 3.63) is 65.2 Å². The van der Waals surface area contributed by atoms with E-state index in [-0.39, 0.29) is 18.0 Å². The van der Waals surface area contributed by atoms with Crippen LogP contribution in [0.25, 0.3) is 0 Å². The Bertz CT molecular complexity index is 1120. The predicted molar refractivity (Wildman–Crippen MR) is 167 cm³/mol. The van der Waals surface area contributed by atoms with Gasteiger partial charge in [0.05, 0.1) is 6.42 Å². The summed E-state index contributed by atoms with van der Waals surface area (Å²) >= 11 is 0. The van der Waals surface area contributed by atoms with Gasteiger partial charge in [0.2, 0.25) is 5.91 Å². The summed E-state index contributed by atoms with van der Waals surface area (Å²) in [5.41, 5.74) is 3.25. The van der Waals surface area contributed by atoms with Crippen LogP contribution in [0.15, 0.2) is 48.5 Å². The van der Waals surface area contributed by atoms with E-state index in [9.17, 15) is 9.59 Å². The smallest absolute Gasteiger partial charge is 0.307 e. The fourth-order valence-electron chi connectivity index (χ4n) is 6.38. The van der Waals surface area contributed by atoms with Crippen molar-refractivity contribution in [2.45, 2.75) is 110 Å². The third kappa shape index (κ3) is 9.30. The van der Waals surface area contributed by atoms with Crippen molar-refractivity contribution in [3.8, 4) is 5.75 Å². The minimum Gasteiger partial charge on any atom is -0.489 e. The molecule has 1 aliphatic carbocycles. The van der Waals surface area contributed by atoms with Crippen LogP contribution in [0.1, 0.15) is 95.4 Å². The van der Waals surface area contributed by atoms with Crippen molar-refractivity contribution in [2.24, 2.45) is 0 Å². The third-order valence-electron chi connectivity index (χ3n) is 8.61. The highest BCUT2D eigenvalue weighted by molar-refractivity contribution is 5.84. The molecule has 2 aromatic rings. The van der Waals surface area contributed by atoms with Crippen LogP contribution in [-0.2, 0) is 27.4 Å². The second-order valence-corrected chi connectivity index (χ2v) is 12.4. The summed E-state index contributed by atoms with van der Waals surface area (Å²) in [6, 6.07) is 16.7. The number of carbonyl (C=O) groups excluding carboxylic acids is 2. The Kier molecular flexibility index (Phi) is 12.3. The van der Waals surface area contributed by atoms with Gasteiger partial charge >= 0.3 is 5.97 Å². The molecule has 2 aliphatic rings. The van der Waals surface area contributed by atoms with Crippen molar-refractivity contribution in [2.75, 3.05) is 26.2 Å². The molecule has 1 amide bonds. The second kappa shape index (κ2) is 16.1. The van der Waals surface area contributed by atoms with Crippen LogP contribution in [0.4, 0.5) is 0 Å². The summed E-state index contributed by atoms with van der Waals surface area (Å²) < 4.78 is 11.9. The number of rotatable bonds is 14. The zero-order valence-corrected chi connectivity index (χ0v) is 26.1. The Hall–Kier alpha value is -2.90. The van der Waals surface area contributed by atoms with Gasteiger partial charge in [-0.2, -0.15) is 0 Å². The largest absolute Gasteiger partial charge is 0.489 e. The number of hydrogen-bond acceptors (Lipinski definition) is 6. The van der Waals surface area contributed by atoms with Gasteiger partial charge in [-0.1, -0.05) is 42.8 Å². The monoisotopic (exact) mass is 577 g/mol. The van der Waals surface area contributed by atoms with Gasteiger partial charge in [0.25, 0.3) is 0 Å². The van der Waals surface area contributed by atoms with Crippen molar-refractivity contribution >= 4 is 11.9 Å². The number of nitrogens with zero attached hydrogens (tertiary/aromatic N) is 2. The lowest BCUT2D eigenvalue weighted by Gasteiger charge is -2.36. The van der Waals surface area contributed by atoms with Crippen LogP contribution >= 0.6 is 0 Å². The first-order valence-corrected chi connectivity index (χ1v) is 16.1. The second-order valence-electron chi connectivity index (χ2n) is 12.4. The molecule has 0 radical (unpaired) electrons. The molecular formula is C35H51N3O4. The molecular weight excluding hydrogens is 526 g/mol. The fraction of sp³-hybridized carbons (Fsp3) is 0.600. The molecule has 4 rings (SSSR count). The molecule has 1 aliphatic heterocycles. The van der Waals surface area contributed by atoms with Gasteiger partial charge in [-0.3, -0.25) is 19.4 Å². The average molecular weight is 578 g/mol. The first kappa shape index (κ1) is 32.0. The fourth-order valence-corrected chi connectivity index (χ4v) is 6.38. The van der Waals surface area contributed by atoms with Crippen LogP contribution in [0.2, 0.25) is 0 Å². The van der Waals surface area contributed by atoms with Crippen LogP contribution in [0, 0.1) is 0 Å². The summed E-state index contributed by atoms with van der Waals surface area (Å²) in [6.45, 7) is 12.1. The predicted octanol–water partition coefficient (Wildman–Crippen LogP) is 6.06. The number of hydrogen-bond donors (Lipinski definition) is 1. The van der Waals surface area contributed by atoms with E-state index >= 15 is 0 Å². The molecule has 0 spiro atoms. The van der Waals surface area contributed by atoms with Crippen molar-refractivity contribution < 1.29 is 19.1 Å². The Morgan fingerprint density at radius 1 is 1.00 bits per heavy atom. The van der Waals surface area contributed by atoms with Gasteiger partial charge in [0.1, 0.15) is 24.5 Å². The molecule has 0 saturated heterocycles. The van der Waals surface area contributed by atoms with Crippen molar-refractivity contribution in [1.29, 1.82) is 0 Å². The van der Waals surface area contributed by atoms with Gasteiger partial charge in [0.15, 0.2) is 0 Å². The van der Waals surface area contributed by atoms with Crippen LogP contribution < -0.4 is 10.1 Å². The molecule has 0 bridgehead atoms. The van der Waals surface area contributed by atoms with Gasteiger partial charge < -0.3 is 14.8 Å². The lowest BCUT2D eigenvalue weighted by atomic mass is 9.91. The van der Waals surface area contributed by atoms with Crippen molar-refractivity contribution in [1.82, 2.24) is 15.1 Å². The normalized spacial score (nSPS) is 17.8. The van der Waals surface area contributed by atoms with Gasteiger partial charge in [-0.25, -0.2) is 0 Å². The molecule has 7 nitrogen and oxygen atoms in total. The Labute approximate surface area is 252 Å². The number of nitrogens with one attached hydrogen (secondary N) is 1. The maximum atomic E-state index is 13.7.